The highest BCUT2D eigenvalue weighted by molar-refractivity contribution is 5.48. The largest absolute Gasteiger partial charge is 0.355 e. The van der Waals surface area contributed by atoms with E-state index in [9.17, 15) is 0 Å². The van der Waals surface area contributed by atoms with Gasteiger partial charge in [-0.3, -0.25) is 0 Å². The lowest BCUT2D eigenvalue weighted by molar-refractivity contribution is 0.724. The number of para-hydroxylation sites is 1. The average molecular weight is 256 g/mol. The standard InChI is InChI=1S/C15H20N4/c1-13-12-15(18-10-5-8-16-9-11-18)19(17-13)14-6-3-2-4-7-14/h2-4,6-7,12,16H,5,8-11H2,1H3. The molecule has 100 valence electrons. The first-order chi connectivity index (χ1) is 9.34. The molecule has 1 saturated heterocycles. The molecule has 0 saturated carbocycles. The van der Waals surface area contributed by atoms with Crippen molar-refractivity contribution in [3.8, 4) is 5.69 Å². The molecule has 4 heteroatoms. The molecule has 1 aliphatic heterocycles. The zero-order valence-electron chi connectivity index (χ0n) is 11.3. The van der Waals surface area contributed by atoms with Crippen molar-refractivity contribution < 1.29 is 0 Å². The van der Waals surface area contributed by atoms with Gasteiger partial charge in [-0.2, -0.15) is 5.10 Å². The minimum Gasteiger partial charge on any atom is -0.355 e. The smallest absolute Gasteiger partial charge is 0.132 e. The fourth-order valence-corrected chi connectivity index (χ4v) is 2.55. The molecular formula is C15H20N4. The molecule has 1 N–H and O–H groups in total. The van der Waals surface area contributed by atoms with E-state index < -0.39 is 0 Å². The highest BCUT2D eigenvalue weighted by atomic mass is 15.4. The molecule has 19 heavy (non-hydrogen) atoms. The summed E-state index contributed by atoms with van der Waals surface area (Å²) < 4.78 is 2.06. The van der Waals surface area contributed by atoms with Crippen LogP contribution in [-0.2, 0) is 0 Å². The number of nitrogens with zero attached hydrogens (tertiary/aromatic N) is 3. The Hall–Kier alpha value is -1.81. The zero-order chi connectivity index (χ0) is 13.1. The number of aryl methyl sites for hydroxylation is 1. The van der Waals surface area contributed by atoms with Crippen molar-refractivity contribution >= 4 is 5.82 Å². The summed E-state index contributed by atoms with van der Waals surface area (Å²) in [5.41, 5.74) is 2.19. The van der Waals surface area contributed by atoms with Gasteiger partial charge in [0, 0.05) is 25.7 Å². The van der Waals surface area contributed by atoms with Crippen LogP contribution in [0.4, 0.5) is 5.82 Å². The van der Waals surface area contributed by atoms with E-state index in [4.69, 9.17) is 0 Å². The van der Waals surface area contributed by atoms with Crippen molar-refractivity contribution in [2.24, 2.45) is 0 Å². The summed E-state index contributed by atoms with van der Waals surface area (Å²) in [6, 6.07) is 12.5. The highest BCUT2D eigenvalue weighted by Crippen LogP contribution is 2.21. The summed E-state index contributed by atoms with van der Waals surface area (Å²) in [5, 5.41) is 8.08. The van der Waals surface area contributed by atoms with Gasteiger partial charge in [0.15, 0.2) is 0 Å². The molecule has 2 aromatic rings. The van der Waals surface area contributed by atoms with E-state index in [2.05, 4.69) is 57.3 Å². The molecule has 1 aromatic carbocycles. The minimum atomic E-state index is 1.04. The molecule has 1 aliphatic rings. The van der Waals surface area contributed by atoms with Gasteiger partial charge in [0.2, 0.25) is 0 Å². The summed E-state index contributed by atoms with van der Waals surface area (Å²) in [6.45, 7) is 6.33. The van der Waals surface area contributed by atoms with E-state index in [1.165, 1.54) is 12.2 Å². The maximum absolute atomic E-state index is 4.64. The fourth-order valence-electron chi connectivity index (χ4n) is 2.55. The molecule has 2 heterocycles. The Balaban J connectivity index is 1.97. The van der Waals surface area contributed by atoms with Crippen molar-refractivity contribution in [1.82, 2.24) is 15.1 Å². The maximum Gasteiger partial charge on any atom is 0.132 e. The average Bonchev–Trinajstić information content (AvgIpc) is 2.66. The van der Waals surface area contributed by atoms with Crippen LogP contribution in [0.15, 0.2) is 36.4 Å². The van der Waals surface area contributed by atoms with E-state index in [0.29, 0.717) is 0 Å². The van der Waals surface area contributed by atoms with E-state index in [-0.39, 0.29) is 0 Å². The van der Waals surface area contributed by atoms with Gasteiger partial charge in [0.25, 0.3) is 0 Å². The fraction of sp³-hybridized carbons (Fsp3) is 0.400. The Labute approximate surface area is 114 Å². The molecule has 0 spiro atoms. The Kier molecular flexibility index (Phi) is 3.51. The van der Waals surface area contributed by atoms with Crippen molar-refractivity contribution in [3.05, 3.63) is 42.1 Å². The van der Waals surface area contributed by atoms with Gasteiger partial charge in [0.05, 0.1) is 11.4 Å². The predicted octanol–water partition coefficient (Wildman–Crippen LogP) is 1.98. The van der Waals surface area contributed by atoms with Crippen LogP contribution < -0.4 is 10.2 Å². The van der Waals surface area contributed by atoms with Gasteiger partial charge >= 0.3 is 0 Å². The third-order valence-electron chi connectivity index (χ3n) is 3.48. The molecule has 0 bridgehead atoms. The van der Waals surface area contributed by atoms with Gasteiger partial charge in [-0.1, -0.05) is 18.2 Å². The van der Waals surface area contributed by atoms with E-state index >= 15 is 0 Å². The van der Waals surface area contributed by atoms with Crippen LogP contribution in [-0.4, -0.2) is 36.0 Å². The lowest BCUT2D eigenvalue weighted by Crippen LogP contribution is -2.29. The number of hydrogen-bond acceptors (Lipinski definition) is 3. The zero-order valence-corrected chi connectivity index (χ0v) is 11.3. The second kappa shape index (κ2) is 5.45. The van der Waals surface area contributed by atoms with Gasteiger partial charge in [0.1, 0.15) is 5.82 Å². The highest BCUT2D eigenvalue weighted by Gasteiger charge is 2.16. The van der Waals surface area contributed by atoms with Crippen LogP contribution in [0.2, 0.25) is 0 Å². The quantitative estimate of drug-likeness (QED) is 0.892. The van der Waals surface area contributed by atoms with Crippen LogP contribution in [0, 0.1) is 6.92 Å². The Bertz CT molecular complexity index is 524. The summed E-state index contributed by atoms with van der Waals surface area (Å²) >= 11 is 0. The van der Waals surface area contributed by atoms with Crippen molar-refractivity contribution in [1.29, 1.82) is 0 Å². The van der Waals surface area contributed by atoms with E-state index in [0.717, 1.165) is 37.6 Å². The molecule has 4 nitrogen and oxygen atoms in total. The van der Waals surface area contributed by atoms with Gasteiger partial charge in [-0.15, -0.1) is 0 Å². The van der Waals surface area contributed by atoms with Gasteiger partial charge < -0.3 is 10.2 Å². The molecule has 0 amide bonds. The number of benzene rings is 1. The minimum absolute atomic E-state index is 1.04. The molecule has 1 fully saturated rings. The number of anilines is 1. The lowest BCUT2D eigenvalue weighted by Gasteiger charge is -2.22. The monoisotopic (exact) mass is 256 g/mol. The van der Waals surface area contributed by atoms with E-state index in [1.54, 1.807) is 0 Å². The van der Waals surface area contributed by atoms with Gasteiger partial charge in [-0.25, -0.2) is 4.68 Å². The van der Waals surface area contributed by atoms with Gasteiger partial charge in [-0.05, 0) is 32.0 Å². The molecule has 3 rings (SSSR count). The first-order valence-electron chi connectivity index (χ1n) is 6.92. The van der Waals surface area contributed by atoms with Crippen LogP contribution >= 0.6 is 0 Å². The molecular weight excluding hydrogens is 236 g/mol. The predicted molar refractivity (Wildman–Crippen MR) is 78.0 cm³/mol. The summed E-state index contributed by atoms with van der Waals surface area (Å²) in [7, 11) is 0. The summed E-state index contributed by atoms with van der Waals surface area (Å²) in [4.78, 5) is 2.42. The molecule has 0 unspecified atom stereocenters. The van der Waals surface area contributed by atoms with Crippen LogP contribution in [0.1, 0.15) is 12.1 Å². The molecule has 0 aliphatic carbocycles. The molecule has 0 atom stereocenters. The first kappa shape index (κ1) is 12.2. The number of rotatable bonds is 2. The number of nitrogens with one attached hydrogen (secondary N) is 1. The topological polar surface area (TPSA) is 33.1 Å². The normalized spacial score (nSPS) is 16.4. The summed E-state index contributed by atoms with van der Waals surface area (Å²) in [6.07, 6.45) is 1.18. The van der Waals surface area contributed by atoms with Crippen LogP contribution in [0.25, 0.3) is 5.69 Å². The maximum atomic E-state index is 4.64. The third kappa shape index (κ3) is 2.63. The van der Waals surface area contributed by atoms with Crippen molar-refractivity contribution in [2.75, 3.05) is 31.1 Å². The Morgan fingerprint density at radius 3 is 2.79 bits per heavy atom. The lowest BCUT2D eigenvalue weighted by atomic mass is 10.3. The van der Waals surface area contributed by atoms with Crippen LogP contribution in [0.3, 0.4) is 0 Å². The Morgan fingerprint density at radius 2 is 1.95 bits per heavy atom. The van der Waals surface area contributed by atoms with Crippen molar-refractivity contribution in [2.45, 2.75) is 13.3 Å². The number of aromatic nitrogens is 2. The van der Waals surface area contributed by atoms with E-state index in [1.807, 2.05) is 6.07 Å². The summed E-state index contributed by atoms with van der Waals surface area (Å²) in [5.74, 6) is 1.20. The first-order valence-corrected chi connectivity index (χ1v) is 6.92. The van der Waals surface area contributed by atoms with Crippen LogP contribution in [0.5, 0.6) is 0 Å². The second-order valence-corrected chi connectivity index (χ2v) is 4.98. The second-order valence-electron chi connectivity index (χ2n) is 4.98. The molecule has 0 radical (unpaired) electrons. The Morgan fingerprint density at radius 1 is 1.11 bits per heavy atom. The SMILES string of the molecule is Cc1cc(N2CCCNCC2)n(-c2ccccc2)n1. The third-order valence-corrected chi connectivity index (χ3v) is 3.48. The molecule has 1 aromatic heterocycles. The van der Waals surface area contributed by atoms with Crippen molar-refractivity contribution in [3.63, 3.8) is 0 Å². The number of hydrogen-bond donors (Lipinski definition) is 1.